The first-order valence-corrected chi connectivity index (χ1v) is 8.36. The number of hydrogen-bond donors (Lipinski definition) is 0. The molecule has 0 aliphatic carbocycles. The van der Waals surface area contributed by atoms with E-state index in [-0.39, 0.29) is 0 Å². The first-order valence-electron chi connectivity index (χ1n) is 7.42. The quantitative estimate of drug-likeness (QED) is 0.448. The van der Waals surface area contributed by atoms with Gasteiger partial charge in [-0.05, 0) is 41.1 Å². The molecule has 0 radical (unpaired) electrons. The average molecular weight is 252 g/mol. The monoisotopic (exact) mass is 252 g/mol. The van der Waals surface area contributed by atoms with Crippen LogP contribution in [0.2, 0.25) is 0 Å². The minimum absolute atomic E-state index is 1.20. The molecule has 0 aliphatic rings. The number of rotatable bonds is 10. The molecule has 0 N–H and O–H groups in total. The van der Waals surface area contributed by atoms with Crippen LogP contribution in [0.4, 0.5) is 0 Å². The molecule has 1 aromatic heterocycles. The van der Waals surface area contributed by atoms with E-state index in [1.165, 1.54) is 64.2 Å². The lowest BCUT2D eigenvalue weighted by Gasteiger charge is -2.03. The lowest BCUT2D eigenvalue weighted by Crippen LogP contribution is -1.89. The molecule has 0 bridgehead atoms. The van der Waals surface area contributed by atoms with Gasteiger partial charge in [0.05, 0.1) is 0 Å². The summed E-state index contributed by atoms with van der Waals surface area (Å²) in [7, 11) is 0. The predicted molar refractivity (Wildman–Crippen MR) is 80.0 cm³/mol. The Morgan fingerprint density at radius 2 is 1.35 bits per heavy atom. The van der Waals surface area contributed by atoms with Crippen LogP contribution < -0.4 is 0 Å². The normalized spacial score (nSPS) is 10.9. The molecule has 98 valence electrons. The lowest BCUT2D eigenvalue weighted by atomic mass is 10.0. The zero-order chi connectivity index (χ0) is 12.3. The number of hydrogen-bond acceptors (Lipinski definition) is 1. The van der Waals surface area contributed by atoms with Gasteiger partial charge in [0.15, 0.2) is 0 Å². The number of aryl methyl sites for hydroxylation is 2. The van der Waals surface area contributed by atoms with Crippen molar-refractivity contribution in [1.82, 2.24) is 0 Å². The van der Waals surface area contributed by atoms with E-state index in [0.717, 1.165) is 0 Å². The van der Waals surface area contributed by atoms with Gasteiger partial charge in [-0.1, -0.05) is 58.8 Å². The Labute approximate surface area is 111 Å². The minimum Gasteiger partial charge on any atom is -0.152 e. The van der Waals surface area contributed by atoms with Gasteiger partial charge in [-0.15, -0.1) is 0 Å². The van der Waals surface area contributed by atoms with Gasteiger partial charge in [0.25, 0.3) is 0 Å². The molecular weight excluding hydrogens is 224 g/mol. The van der Waals surface area contributed by atoms with Gasteiger partial charge in [-0.2, -0.15) is 11.3 Å². The standard InChI is InChI=1S/C16H28S/c1-3-5-6-7-8-9-10-11-12-16-14-17-13-15(16)4-2/h13-14H,3-12H2,1-2H3. The van der Waals surface area contributed by atoms with Crippen molar-refractivity contribution in [2.75, 3.05) is 0 Å². The van der Waals surface area contributed by atoms with Gasteiger partial charge in [-0.3, -0.25) is 0 Å². The first-order chi connectivity index (χ1) is 8.38. The van der Waals surface area contributed by atoms with E-state index in [0.29, 0.717) is 0 Å². The highest BCUT2D eigenvalue weighted by molar-refractivity contribution is 7.08. The molecule has 0 spiro atoms. The fourth-order valence-electron chi connectivity index (χ4n) is 2.33. The molecule has 0 fully saturated rings. The zero-order valence-electron chi connectivity index (χ0n) is 11.6. The molecule has 1 heterocycles. The molecule has 0 atom stereocenters. The molecule has 0 amide bonds. The van der Waals surface area contributed by atoms with E-state index >= 15 is 0 Å². The first kappa shape index (κ1) is 14.8. The Kier molecular flexibility index (Phi) is 8.42. The van der Waals surface area contributed by atoms with Crippen molar-refractivity contribution in [3.63, 3.8) is 0 Å². The maximum absolute atomic E-state index is 2.35. The van der Waals surface area contributed by atoms with Gasteiger partial charge < -0.3 is 0 Å². The molecule has 0 saturated heterocycles. The molecule has 1 heteroatoms. The zero-order valence-corrected chi connectivity index (χ0v) is 12.5. The SMILES string of the molecule is CCCCCCCCCCc1cscc1CC. The van der Waals surface area contributed by atoms with Crippen molar-refractivity contribution < 1.29 is 0 Å². The second-order valence-electron chi connectivity index (χ2n) is 5.00. The average Bonchev–Trinajstić information content (AvgIpc) is 2.80. The van der Waals surface area contributed by atoms with E-state index in [1.54, 1.807) is 11.1 Å². The van der Waals surface area contributed by atoms with Gasteiger partial charge in [0.2, 0.25) is 0 Å². The Hall–Kier alpha value is -0.300. The maximum atomic E-state index is 2.35. The molecule has 0 aliphatic heterocycles. The van der Waals surface area contributed by atoms with Crippen LogP contribution in [0.3, 0.4) is 0 Å². The third kappa shape index (κ3) is 6.26. The van der Waals surface area contributed by atoms with E-state index in [2.05, 4.69) is 24.6 Å². The van der Waals surface area contributed by atoms with Crippen LogP contribution in [-0.4, -0.2) is 0 Å². The fraction of sp³-hybridized carbons (Fsp3) is 0.750. The summed E-state index contributed by atoms with van der Waals surface area (Å²) in [6, 6.07) is 0. The predicted octanol–water partition coefficient (Wildman–Crippen LogP) is 5.99. The molecule has 1 rings (SSSR count). The topological polar surface area (TPSA) is 0 Å². The molecule has 0 unspecified atom stereocenters. The second-order valence-corrected chi connectivity index (χ2v) is 5.74. The lowest BCUT2D eigenvalue weighted by molar-refractivity contribution is 0.575. The number of thiophene rings is 1. The van der Waals surface area contributed by atoms with Crippen molar-refractivity contribution in [2.45, 2.75) is 78.1 Å². The summed E-state index contributed by atoms with van der Waals surface area (Å²) >= 11 is 1.87. The van der Waals surface area contributed by atoms with Crippen LogP contribution >= 0.6 is 11.3 Å². The summed E-state index contributed by atoms with van der Waals surface area (Å²) in [6.07, 6.45) is 13.9. The van der Waals surface area contributed by atoms with Crippen LogP contribution in [-0.2, 0) is 12.8 Å². The Morgan fingerprint density at radius 1 is 0.765 bits per heavy atom. The third-order valence-corrected chi connectivity index (χ3v) is 4.35. The van der Waals surface area contributed by atoms with Crippen molar-refractivity contribution in [1.29, 1.82) is 0 Å². The van der Waals surface area contributed by atoms with E-state index in [9.17, 15) is 0 Å². The molecule has 17 heavy (non-hydrogen) atoms. The molecule has 0 saturated carbocycles. The molecule has 1 aromatic rings. The Balaban J connectivity index is 1.97. The third-order valence-electron chi connectivity index (χ3n) is 3.51. The highest BCUT2D eigenvalue weighted by Crippen LogP contribution is 2.19. The Bertz CT molecular complexity index is 275. The van der Waals surface area contributed by atoms with Crippen molar-refractivity contribution in [3.05, 3.63) is 21.9 Å². The molecular formula is C16H28S. The van der Waals surface area contributed by atoms with Crippen molar-refractivity contribution in [2.24, 2.45) is 0 Å². The summed E-state index contributed by atoms with van der Waals surface area (Å²) in [6.45, 7) is 4.55. The van der Waals surface area contributed by atoms with Gasteiger partial charge in [0, 0.05) is 0 Å². The van der Waals surface area contributed by atoms with Gasteiger partial charge >= 0.3 is 0 Å². The van der Waals surface area contributed by atoms with Crippen LogP contribution in [0.25, 0.3) is 0 Å². The van der Waals surface area contributed by atoms with E-state index in [4.69, 9.17) is 0 Å². The highest BCUT2D eigenvalue weighted by Gasteiger charge is 2.01. The fourth-order valence-corrected chi connectivity index (χ4v) is 3.31. The molecule has 0 aromatic carbocycles. The summed E-state index contributed by atoms with van der Waals surface area (Å²) in [5.74, 6) is 0. The summed E-state index contributed by atoms with van der Waals surface area (Å²) in [4.78, 5) is 0. The maximum Gasteiger partial charge on any atom is -0.00584 e. The van der Waals surface area contributed by atoms with Crippen LogP contribution in [0, 0.1) is 0 Å². The highest BCUT2D eigenvalue weighted by atomic mass is 32.1. The largest absolute Gasteiger partial charge is 0.152 e. The second kappa shape index (κ2) is 9.70. The Morgan fingerprint density at radius 3 is 2.00 bits per heavy atom. The number of unbranched alkanes of at least 4 members (excludes halogenated alkanes) is 7. The molecule has 0 nitrogen and oxygen atoms in total. The minimum atomic E-state index is 1.20. The van der Waals surface area contributed by atoms with Crippen molar-refractivity contribution in [3.8, 4) is 0 Å². The van der Waals surface area contributed by atoms with Gasteiger partial charge in [-0.25, -0.2) is 0 Å². The van der Waals surface area contributed by atoms with Crippen LogP contribution in [0.5, 0.6) is 0 Å². The van der Waals surface area contributed by atoms with Crippen molar-refractivity contribution >= 4 is 11.3 Å². The van der Waals surface area contributed by atoms with Crippen LogP contribution in [0.1, 0.15) is 76.3 Å². The van der Waals surface area contributed by atoms with E-state index in [1.807, 2.05) is 11.3 Å². The summed E-state index contributed by atoms with van der Waals surface area (Å²) in [5.41, 5.74) is 3.20. The van der Waals surface area contributed by atoms with Crippen LogP contribution in [0.15, 0.2) is 10.8 Å². The smallest absolute Gasteiger partial charge is 0.00584 e. The summed E-state index contributed by atoms with van der Waals surface area (Å²) in [5, 5.41) is 4.67. The van der Waals surface area contributed by atoms with E-state index < -0.39 is 0 Å². The van der Waals surface area contributed by atoms with Gasteiger partial charge in [0.1, 0.15) is 0 Å². The summed E-state index contributed by atoms with van der Waals surface area (Å²) < 4.78 is 0.